The number of anilines is 2. The largest absolute Gasteiger partial charge is 0.372 e. The van der Waals surface area contributed by atoms with Crippen LogP contribution in [-0.2, 0) is 16.0 Å². The molecule has 1 aromatic heterocycles. The van der Waals surface area contributed by atoms with Crippen molar-refractivity contribution in [1.29, 1.82) is 0 Å². The zero-order chi connectivity index (χ0) is 21.8. The minimum Gasteiger partial charge on any atom is -0.372 e. The Morgan fingerprint density at radius 1 is 1.06 bits per heavy atom. The van der Waals surface area contributed by atoms with E-state index in [1.54, 1.807) is 0 Å². The molecular formula is C24H28N4O2S. The van der Waals surface area contributed by atoms with E-state index in [-0.39, 0.29) is 23.9 Å². The van der Waals surface area contributed by atoms with Crippen molar-refractivity contribution in [2.75, 3.05) is 29.1 Å². The third-order valence-corrected chi connectivity index (χ3v) is 6.21. The first-order valence-electron chi connectivity index (χ1n) is 10.7. The Kier molecular flexibility index (Phi) is 6.73. The topological polar surface area (TPSA) is 67.4 Å². The second kappa shape index (κ2) is 9.66. The van der Waals surface area contributed by atoms with Crippen LogP contribution < -0.4 is 10.2 Å². The predicted molar refractivity (Wildman–Crippen MR) is 127 cm³/mol. The van der Waals surface area contributed by atoms with Crippen LogP contribution in [0.5, 0.6) is 0 Å². The van der Waals surface area contributed by atoms with Crippen LogP contribution in [0.4, 0.5) is 11.5 Å². The van der Waals surface area contributed by atoms with E-state index in [1.807, 2.05) is 48.5 Å². The molecule has 7 heteroatoms. The maximum absolute atomic E-state index is 12.7. The van der Waals surface area contributed by atoms with Crippen molar-refractivity contribution in [3.63, 3.8) is 0 Å². The van der Waals surface area contributed by atoms with Gasteiger partial charge in [-0.25, -0.2) is 9.97 Å². The van der Waals surface area contributed by atoms with Crippen LogP contribution in [0.1, 0.15) is 26.3 Å². The number of ether oxygens (including phenoxy) is 1. The molecule has 2 atom stereocenters. The number of benzene rings is 2. The minimum atomic E-state index is -0.0458. The van der Waals surface area contributed by atoms with Gasteiger partial charge in [-0.15, -0.1) is 0 Å². The first kappa shape index (κ1) is 21.6. The number of hydrogen-bond acceptors (Lipinski definition) is 6. The highest BCUT2D eigenvalue weighted by Gasteiger charge is 2.26. The normalized spacial score (nSPS) is 18.9. The molecule has 0 aliphatic carbocycles. The van der Waals surface area contributed by atoms with Crippen molar-refractivity contribution in [2.24, 2.45) is 0 Å². The second-order valence-corrected chi connectivity index (χ2v) is 8.81. The molecule has 6 nitrogen and oxygen atoms in total. The highest BCUT2D eigenvalue weighted by molar-refractivity contribution is 8.00. The Morgan fingerprint density at radius 3 is 2.42 bits per heavy atom. The molecule has 1 aliphatic rings. The quantitative estimate of drug-likeness (QED) is 0.573. The lowest BCUT2D eigenvalue weighted by molar-refractivity contribution is -0.113. The standard InChI is InChI=1S/C24H28N4O2S/c1-4-18-9-5-6-10-19(18)25-22(29)15-31-24-23(28-13-16(2)30-17(3)14-28)26-20-11-7-8-12-21(20)27-24/h5-12,16-17H,4,13-15H2,1-3H3,(H,25,29)/t16-,17-/m1/s1. The maximum atomic E-state index is 12.7. The van der Waals surface area contributed by atoms with Gasteiger partial charge in [0.05, 0.1) is 29.0 Å². The maximum Gasteiger partial charge on any atom is 0.234 e. The lowest BCUT2D eigenvalue weighted by Crippen LogP contribution is -2.46. The molecule has 162 valence electrons. The van der Waals surface area contributed by atoms with Crippen molar-refractivity contribution in [3.8, 4) is 0 Å². The molecule has 31 heavy (non-hydrogen) atoms. The van der Waals surface area contributed by atoms with Crippen molar-refractivity contribution >= 4 is 40.2 Å². The van der Waals surface area contributed by atoms with Gasteiger partial charge in [0.15, 0.2) is 5.82 Å². The number of carbonyl (C=O) groups excluding carboxylic acids is 1. The van der Waals surface area contributed by atoms with E-state index in [9.17, 15) is 4.79 Å². The van der Waals surface area contributed by atoms with E-state index in [0.717, 1.165) is 52.6 Å². The summed E-state index contributed by atoms with van der Waals surface area (Å²) < 4.78 is 5.89. The van der Waals surface area contributed by atoms with Crippen LogP contribution in [0.3, 0.4) is 0 Å². The highest BCUT2D eigenvalue weighted by Crippen LogP contribution is 2.31. The first-order valence-corrected chi connectivity index (χ1v) is 11.7. The highest BCUT2D eigenvalue weighted by atomic mass is 32.2. The van der Waals surface area contributed by atoms with Gasteiger partial charge in [-0.3, -0.25) is 4.79 Å². The van der Waals surface area contributed by atoms with Gasteiger partial charge in [0.1, 0.15) is 5.03 Å². The molecule has 0 bridgehead atoms. The summed E-state index contributed by atoms with van der Waals surface area (Å²) in [6.07, 6.45) is 1.10. The van der Waals surface area contributed by atoms with Gasteiger partial charge in [0.2, 0.25) is 5.91 Å². The Morgan fingerprint density at radius 2 is 1.71 bits per heavy atom. The number of hydrogen-bond donors (Lipinski definition) is 1. The van der Waals surface area contributed by atoms with E-state index in [4.69, 9.17) is 14.7 Å². The number of fused-ring (bicyclic) bond motifs is 1. The van der Waals surface area contributed by atoms with Gasteiger partial charge in [0, 0.05) is 18.8 Å². The van der Waals surface area contributed by atoms with E-state index in [0.29, 0.717) is 0 Å². The number of para-hydroxylation sites is 3. The van der Waals surface area contributed by atoms with Crippen LogP contribution in [-0.4, -0.2) is 46.9 Å². The Hall–Kier alpha value is -2.64. The lowest BCUT2D eigenvalue weighted by Gasteiger charge is -2.36. The molecule has 3 aromatic rings. The van der Waals surface area contributed by atoms with Gasteiger partial charge < -0.3 is 15.0 Å². The fourth-order valence-electron chi connectivity index (χ4n) is 3.90. The zero-order valence-electron chi connectivity index (χ0n) is 18.2. The van der Waals surface area contributed by atoms with Gasteiger partial charge >= 0.3 is 0 Å². The third kappa shape index (κ3) is 5.17. The van der Waals surface area contributed by atoms with Crippen LogP contribution in [0.15, 0.2) is 53.6 Å². The van der Waals surface area contributed by atoms with Crippen molar-refractivity contribution in [3.05, 3.63) is 54.1 Å². The summed E-state index contributed by atoms with van der Waals surface area (Å²) in [5, 5.41) is 3.82. The number of rotatable bonds is 6. The van der Waals surface area contributed by atoms with Crippen LogP contribution in [0, 0.1) is 0 Å². The minimum absolute atomic E-state index is 0.0458. The summed E-state index contributed by atoms with van der Waals surface area (Å²) in [7, 11) is 0. The average Bonchev–Trinajstić information content (AvgIpc) is 2.76. The number of thioether (sulfide) groups is 1. The lowest BCUT2D eigenvalue weighted by atomic mass is 10.1. The summed E-state index contributed by atoms with van der Waals surface area (Å²) in [5.74, 6) is 1.05. The summed E-state index contributed by atoms with van der Waals surface area (Å²) in [6, 6.07) is 15.8. The fraction of sp³-hybridized carbons (Fsp3) is 0.375. The molecule has 1 fully saturated rings. The number of nitrogens with one attached hydrogen (secondary N) is 1. The molecule has 2 heterocycles. The number of amides is 1. The van der Waals surface area contributed by atoms with E-state index in [1.165, 1.54) is 11.8 Å². The predicted octanol–water partition coefficient (Wildman–Crippen LogP) is 4.54. The molecule has 1 aliphatic heterocycles. The van der Waals surface area contributed by atoms with Gasteiger partial charge in [-0.2, -0.15) is 0 Å². The van der Waals surface area contributed by atoms with E-state index >= 15 is 0 Å². The number of nitrogens with zero attached hydrogens (tertiary/aromatic N) is 3. The number of aromatic nitrogens is 2. The molecule has 0 unspecified atom stereocenters. The molecule has 2 aromatic carbocycles. The number of morpholine rings is 1. The zero-order valence-corrected chi connectivity index (χ0v) is 19.0. The van der Waals surface area contributed by atoms with Gasteiger partial charge in [-0.1, -0.05) is 49.0 Å². The number of carbonyl (C=O) groups is 1. The van der Waals surface area contributed by atoms with Crippen molar-refractivity contribution in [2.45, 2.75) is 44.4 Å². The van der Waals surface area contributed by atoms with Crippen LogP contribution in [0.25, 0.3) is 11.0 Å². The SMILES string of the molecule is CCc1ccccc1NC(=O)CSc1nc2ccccc2nc1N1C[C@@H](C)O[C@H](C)C1. The second-order valence-electron chi connectivity index (χ2n) is 7.85. The molecular weight excluding hydrogens is 408 g/mol. The average molecular weight is 437 g/mol. The molecule has 4 rings (SSSR count). The Bertz CT molecular complexity index is 1060. The monoisotopic (exact) mass is 436 g/mol. The van der Waals surface area contributed by atoms with E-state index < -0.39 is 0 Å². The summed E-state index contributed by atoms with van der Waals surface area (Å²) in [6.45, 7) is 7.73. The molecule has 0 radical (unpaired) electrons. The van der Waals surface area contributed by atoms with Crippen LogP contribution >= 0.6 is 11.8 Å². The molecule has 1 N–H and O–H groups in total. The van der Waals surface area contributed by atoms with Crippen molar-refractivity contribution in [1.82, 2.24) is 9.97 Å². The fourth-order valence-corrected chi connectivity index (χ4v) is 4.71. The molecule has 0 saturated carbocycles. The van der Waals surface area contributed by atoms with Gasteiger partial charge in [0.25, 0.3) is 0 Å². The van der Waals surface area contributed by atoms with Crippen molar-refractivity contribution < 1.29 is 9.53 Å². The van der Waals surface area contributed by atoms with E-state index in [2.05, 4.69) is 31.0 Å². The summed E-state index contributed by atoms with van der Waals surface area (Å²) in [4.78, 5) is 24.7. The molecule has 0 spiro atoms. The first-order chi connectivity index (χ1) is 15.0. The molecule has 1 saturated heterocycles. The van der Waals surface area contributed by atoms with Gasteiger partial charge in [-0.05, 0) is 44.0 Å². The Balaban J connectivity index is 1.56. The third-order valence-electron chi connectivity index (χ3n) is 5.25. The summed E-state index contributed by atoms with van der Waals surface area (Å²) >= 11 is 1.43. The summed E-state index contributed by atoms with van der Waals surface area (Å²) in [5.41, 5.74) is 3.69. The van der Waals surface area contributed by atoms with Crippen LogP contribution in [0.2, 0.25) is 0 Å². The smallest absolute Gasteiger partial charge is 0.234 e. The molecule has 1 amide bonds. The number of aryl methyl sites for hydroxylation is 1. The Labute approximate surface area is 187 Å².